The number of alkyl carbamates (subject to hydrolysis) is 1. The van der Waals surface area contributed by atoms with Gasteiger partial charge in [0.15, 0.2) is 5.54 Å². The monoisotopic (exact) mass is 676 g/mol. The van der Waals surface area contributed by atoms with E-state index in [1.165, 1.54) is 13.8 Å². The fourth-order valence-electron chi connectivity index (χ4n) is 5.30. The molecular weight excluding hydrogens is 632 g/mol. The van der Waals surface area contributed by atoms with Crippen LogP contribution in [0, 0.1) is 18.3 Å². The molecule has 262 valence electrons. The van der Waals surface area contributed by atoms with Crippen molar-refractivity contribution in [3.63, 3.8) is 0 Å². The van der Waals surface area contributed by atoms with Gasteiger partial charge in [0.05, 0.1) is 18.3 Å². The highest BCUT2D eigenvalue weighted by atomic mass is 16.6. The summed E-state index contributed by atoms with van der Waals surface area (Å²) in [4.78, 5) is 44.9. The lowest BCUT2D eigenvalue weighted by Crippen LogP contribution is -2.60. The van der Waals surface area contributed by atoms with Gasteiger partial charge in [0, 0.05) is 24.2 Å². The Morgan fingerprint density at radius 1 is 1.16 bits per heavy atom. The number of amides is 2. The van der Waals surface area contributed by atoms with Crippen LogP contribution in [0.1, 0.15) is 70.7 Å². The van der Waals surface area contributed by atoms with Gasteiger partial charge in [0.2, 0.25) is 11.7 Å². The number of rotatable bonds is 10. The molecule has 0 saturated carbocycles. The van der Waals surface area contributed by atoms with Crippen LogP contribution in [0.3, 0.4) is 0 Å². The number of ether oxygens (including phenoxy) is 3. The van der Waals surface area contributed by atoms with E-state index in [9.17, 15) is 24.8 Å². The normalized spacial score (nSPS) is 15.3. The highest BCUT2D eigenvalue weighted by molar-refractivity contribution is 5.88. The number of fused-ring (bicyclic) bond motifs is 1. The summed E-state index contributed by atoms with van der Waals surface area (Å²) in [6.07, 6.45) is -0.457. The molecule has 3 aromatic rings. The zero-order valence-electron chi connectivity index (χ0n) is 29.2. The molecule has 1 aliphatic heterocycles. The number of hydrogen-bond acceptors (Lipinski definition) is 12. The minimum Gasteiger partial charge on any atom is -0.490 e. The molecule has 0 spiro atoms. The van der Waals surface area contributed by atoms with E-state index in [2.05, 4.69) is 21.5 Å². The number of nitrogens with zero attached hydrogens (tertiary/aromatic N) is 4. The van der Waals surface area contributed by atoms with Crippen molar-refractivity contribution in [1.82, 2.24) is 20.4 Å². The van der Waals surface area contributed by atoms with Crippen LogP contribution < -0.4 is 15.8 Å². The van der Waals surface area contributed by atoms with Crippen LogP contribution >= 0.6 is 0 Å². The molecule has 0 aliphatic carbocycles. The van der Waals surface area contributed by atoms with E-state index >= 15 is 0 Å². The maximum atomic E-state index is 13.5. The SMILES string of the molecule is Cc1c(-c2noc(-c3ccc(OC(C)C)c(C#N)c3)n2)ccc2c1CCN(C(=O)[C@@](C)(N)COC(=O)[C@](C)(CO)NC(=O)OC(C)(C)C)C2. The number of aliphatic hydroxyl groups excluding tert-OH is 1. The second-order valence-corrected chi connectivity index (χ2v) is 13.9. The molecule has 14 nitrogen and oxygen atoms in total. The van der Waals surface area contributed by atoms with Crippen molar-refractivity contribution < 1.29 is 38.2 Å². The number of carbonyl (C=O) groups is 3. The molecule has 0 saturated heterocycles. The Morgan fingerprint density at radius 3 is 2.51 bits per heavy atom. The lowest BCUT2D eigenvalue weighted by atomic mass is 9.90. The Bertz CT molecular complexity index is 1770. The first-order valence-electron chi connectivity index (χ1n) is 15.9. The second kappa shape index (κ2) is 14.2. The van der Waals surface area contributed by atoms with E-state index in [1.807, 2.05) is 32.9 Å². The van der Waals surface area contributed by atoms with Gasteiger partial charge < -0.3 is 39.8 Å². The molecule has 2 heterocycles. The van der Waals surface area contributed by atoms with Crippen molar-refractivity contribution in [3.8, 4) is 34.7 Å². The Hall–Kier alpha value is -5.00. The molecule has 14 heteroatoms. The number of aliphatic hydroxyl groups is 1. The molecule has 0 unspecified atom stereocenters. The highest BCUT2D eigenvalue weighted by Gasteiger charge is 2.41. The van der Waals surface area contributed by atoms with Crippen LogP contribution in [0.2, 0.25) is 0 Å². The maximum absolute atomic E-state index is 13.5. The summed E-state index contributed by atoms with van der Waals surface area (Å²) in [5, 5.41) is 26.0. The number of nitriles is 1. The predicted molar refractivity (Wildman–Crippen MR) is 178 cm³/mol. The Labute approximate surface area is 285 Å². The van der Waals surface area contributed by atoms with E-state index in [4.69, 9.17) is 24.5 Å². The van der Waals surface area contributed by atoms with Crippen LogP contribution in [0.25, 0.3) is 22.8 Å². The summed E-state index contributed by atoms with van der Waals surface area (Å²) in [7, 11) is 0. The van der Waals surface area contributed by atoms with E-state index in [1.54, 1.807) is 43.9 Å². The van der Waals surface area contributed by atoms with E-state index in [-0.39, 0.29) is 18.5 Å². The first-order chi connectivity index (χ1) is 22.9. The van der Waals surface area contributed by atoms with Crippen LogP contribution in [-0.4, -0.2) is 80.7 Å². The van der Waals surface area contributed by atoms with Crippen molar-refractivity contribution in [3.05, 3.63) is 52.6 Å². The van der Waals surface area contributed by atoms with Crippen LogP contribution in [-0.2, 0) is 32.0 Å². The number of nitrogens with two attached hydrogens (primary N) is 1. The highest BCUT2D eigenvalue weighted by Crippen LogP contribution is 2.33. The van der Waals surface area contributed by atoms with E-state index in [0.717, 1.165) is 22.3 Å². The van der Waals surface area contributed by atoms with E-state index < -0.39 is 47.9 Å². The third-order valence-corrected chi connectivity index (χ3v) is 7.89. The summed E-state index contributed by atoms with van der Waals surface area (Å²) < 4.78 is 21.8. The summed E-state index contributed by atoms with van der Waals surface area (Å²) >= 11 is 0. The number of aromatic nitrogens is 2. The molecule has 1 aliphatic rings. The summed E-state index contributed by atoms with van der Waals surface area (Å²) in [5.74, 6) is -0.263. The number of hydrogen-bond donors (Lipinski definition) is 3. The Balaban J connectivity index is 1.43. The smallest absolute Gasteiger partial charge is 0.408 e. The third-order valence-electron chi connectivity index (χ3n) is 7.89. The summed E-state index contributed by atoms with van der Waals surface area (Å²) in [5.41, 5.74) is 6.78. The molecule has 2 atom stereocenters. The number of esters is 1. The van der Waals surface area contributed by atoms with Gasteiger partial charge in [0.25, 0.3) is 5.89 Å². The van der Waals surface area contributed by atoms with Crippen LogP contribution in [0.15, 0.2) is 34.9 Å². The lowest BCUT2D eigenvalue weighted by molar-refractivity contribution is -0.157. The molecule has 1 aromatic heterocycles. The first kappa shape index (κ1) is 36.8. The predicted octanol–water partition coefficient (Wildman–Crippen LogP) is 3.79. The maximum Gasteiger partial charge on any atom is 0.408 e. The molecule has 4 N–H and O–H groups in total. The number of nitrogens with one attached hydrogen (secondary N) is 1. The Kier molecular flexibility index (Phi) is 10.7. The number of benzene rings is 2. The van der Waals surface area contributed by atoms with Crippen molar-refractivity contribution in [2.24, 2.45) is 5.73 Å². The zero-order chi connectivity index (χ0) is 36.3. The molecular formula is C35H44N6O8. The second-order valence-electron chi connectivity index (χ2n) is 13.9. The molecule has 0 radical (unpaired) electrons. The molecule has 2 amide bonds. The molecule has 49 heavy (non-hydrogen) atoms. The minimum absolute atomic E-state index is 0.0832. The van der Waals surface area contributed by atoms with Gasteiger partial charge in [-0.15, -0.1) is 0 Å². The zero-order valence-corrected chi connectivity index (χ0v) is 29.2. The topological polar surface area (TPSA) is 203 Å². The van der Waals surface area contributed by atoms with Crippen LogP contribution in [0.5, 0.6) is 5.75 Å². The van der Waals surface area contributed by atoms with Gasteiger partial charge in [-0.05, 0) is 96.7 Å². The molecule has 0 bridgehead atoms. The number of carbonyl (C=O) groups excluding carboxylic acids is 3. The standard InChI is InChI=1S/C35H44N6O8/c1-20(2)47-27-12-10-22(15-24(27)16-36)29-38-28(40-49-29)26-11-9-23-17-41(14-13-25(23)21(26)3)30(43)34(7,37)19-46-31(44)35(8,18-42)39-32(45)48-33(4,5)6/h9-12,15,20,42H,13-14,17-19,37H2,1-8H3,(H,39,45)/t34-,35-/m0/s1. The largest absolute Gasteiger partial charge is 0.490 e. The molecule has 0 fully saturated rings. The molecule has 2 aromatic carbocycles. The average molecular weight is 677 g/mol. The lowest BCUT2D eigenvalue weighted by Gasteiger charge is -2.36. The fourth-order valence-corrected chi connectivity index (χ4v) is 5.30. The summed E-state index contributed by atoms with van der Waals surface area (Å²) in [6.45, 7) is 12.9. The van der Waals surface area contributed by atoms with Crippen molar-refractivity contribution in [2.45, 2.75) is 91.1 Å². The van der Waals surface area contributed by atoms with Gasteiger partial charge in [-0.1, -0.05) is 17.3 Å². The minimum atomic E-state index is -1.81. The van der Waals surface area contributed by atoms with Gasteiger partial charge in [0.1, 0.15) is 29.6 Å². The van der Waals surface area contributed by atoms with Crippen LogP contribution in [0.4, 0.5) is 4.79 Å². The summed E-state index contributed by atoms with van der Waals surface area (Å²) in [6, 6.07) is 11.0. The quantitative estimate of drug-likeness (QED) is 0.263. The van der Waals surface area contributed by atoms with Gasteiger partial charge in [-0.2, -0.15) is 10.2 Å². The van der Waals surface area contributed by atoms with Gasteiger partial charge >= 0.3 is 12.1 Å². The van der Waals surface area contributed by atoms with E-state index in [0.29, 0.717) is 35.7 Å². The van der Waals surface area contributed by atoms with Crippen molar-refractivity contribution >= 4 is 18.0 Å². The van der Waals surface area contributed by atoms with Gasteiger partial charge in [-0.3, -0.25) is 4.79 Å². The Morgan fingerprint density at radius 2 is 1.88 bits per heavy atom. The average Bonchev–Trinajstić information content (AvgIpc) is 3.52. The fraction of sp³-hybridized carbons (Fsp3) is 0.486. The van der Waals surface area contributed by atoms with Gasteiger partial charge in [-0.25, -0.2) is 9.59 Å². The van der Waals surface area contributed by atoms with Crippen molar-refractivity contribution in [2.75, 3.05) is 19.8 Å². The first-order valence-corrected chi connectivity index (χ1v) is 15.9. The third kappa shape index (κ3) is 8.54. The molecule has 4 rings (SSSR count). The van der Waals surface area contributed by atoms with Crippen molar-refractivity contribution in [1.29, 1.82) is 5.26 Å².